The minimum absolute atomic E-state index is 0.00336. The molecule has 0 bridgehead atoms. The number of nitrogens with two attached hydrogens (primary N) is 1. The van der Waals surface area contributed by atoms with E-state index in [1.165, 1.54) is 0 Å². The lowest BCUT2D eigenvalue weighted by Crippen LogP contribution is -2.36. The molecule has 1 aromatic carbocycles. The number of hydrazine groups is 1. The second-order valence-corrected chi connectivity index (χ2v) is 4.90. The van der Waals surface area contributed by atoms with Gasteiger partial charge < -0.3 is 15.6 Å². The fourth-order valence-electron chi connectivity index (χ4n) is 2.32. The molecule has 1 heterocycles. The van der Waals surface area contributed by atoms with Gasteiger partial charge in [0.25, 0.3) is 5.91 Å². The molecule has 5 nitrogen and oxygen atoms in total. The smallest absolute Gasteiger partial charge is 0.251 e. The van der Waals surface area contributed by atoms with Crippen LogP contribution in [0.25, 0.3) is 0 Å². The second kappa shape index (κ2) is 5.37. The van der Waals surface area contributed by atoms with Crippen molar-refractivity contribution in [2.45, 2.75) is 19.4 Å². The number of rotatable bonds is 3. The number of hydrogen-bond donors (Lipinski definition) is 3. The average Bonchev–Trinajstić information content (AvgIpc) is 2.74. The van der Waals surface area contributed by atoms with E-state index in [1.54, 1.807) is 6.07 Å². The van der Waals surface area contributed by atoms with E-state index in [1.807, 2.05) is 19.1 Å². The third kappa shape index (κ3) is 2.80. The number of nitrogens with one attached hydrogen (secondary N) is 2. The number of nitrogen functional groups attached to an aromatic ring is 1. The van der Waals surface area contributed by atoms with Crippen molar-refractivity contribution in [3.63, 3.8) is 0 Å². The fraction of sp³-hybridized carbons (Fsp3) is 0.462. The van der Waals surface area contributed by atoms with Crippen molar-refractivity contribution in [3.8, 4) is 0 Å². The maximum Gasteiger partial charge on any atom is 0.251 e. The Balaban J connectivity index is 2.04. The quantitative estimate of drug-likeness (QED) is 0.544. The predicted octanol–water partition coefficient (Wildman–Crippen LogP) is 0.715. The Kier molecular flexibility index (Phi) is 3.84. The SMILES string of the molecule is Cc1cc(NN)ccc1C(=O)NC1CCN(C)C1. The van der Waals surface area contributed by atoms with Crippen LogP contribution in [0.5, 0.6) is 0 Å². The molecule has 0 spiro atoms. The van der Waals surface area contributed by atoms with Crippen molar-refractivity contribution in [1.29, 1.82) is 0 Å². The van der Waals surface area contributed by atoms with Crippen LogP contribution in [0.1, 0.15) is 22.3 Å². The Hall–Kier alpha value is -1.59. The Morgan fingerprint density at radius 1 is 1.50 bits per heavy atom. The van der Waals surface area contributed by atoms with Gasteiger partial charge in [0.15, 0.2) is 0 Å². The molecule has 0 radical (unpaired) electrons. The number of aryl methyl sites for hydroxylation is 1. The summed E-state index contributed by atoms with van der Waals surface area (Å²) in [5.74, 6) is 5.33. The van der Waals surface area contributed by atoms with Crippen LogP contribution in [0, 0.1) is 6.92 Å². The molecule has 4 N–H and O–H groups in total. The predicted molar refractivity (Wildman–Crippen MR) is 72.4 cm³/mol. The van der Waals surface area contributed by atoms with E-state index >= 15 is 0 Å². The molecule has 0 saturated carbocycles. The maximum absolute atomic E-state index is 12.1. The summed E-state index contributed by atoms with van der Waals surface area (Å²) in [5.41, 5.74) is 5.02. The number of amides is 1. The van der Waals surface area contributed by atoms with E-state index in [9.17, 15) is 4.79 Å². The molecule has 1 amide bonds. The lowest BCUT2D eigenvalue weighted by molar-refractivity contribution is 0.0938. The molecule has 98 valence electrons. The van der Waals surface area contributed by atoms with E-state index in [-0.39, 0.29) is 11.9 Å². The van der Waals surface area contributed by atoms with Crippen LogP contribution < -0.4 is 16.6 Å². The molecule has 1 aliphatic heterocycles. The Morgan fingerprint density at radius 3 is 2.83 bits per heavy atom. The monoisotopic (exact) mass is 248 g/mol. The molecule has 0 aliphatic carbocycles. The van der Waals surface area contributed by atoms with Crippen LogP contribution in [0.2, 0.25) is 0 Å². The zero-order valence-corrected chi connectivity index (χ0v) is 10.9. The van der Waals surface area contributed by atoms with Crippen molar-refractivity contribution in [2.75, 3.05) is 25.6 Å². The molecule has 1 aromatic rings. The first kappa shape index (κ1) is 12.9. The van der Waals surface area contributed by atoms with Crippen molar-refractivity contribution >= 4 is 11.6 Å². The number of hydrogen-bond acceptors (Lipinski definition) is 4. The zero-order valence-electron chi connectivity index (χ0n) is 10.9. The molecule has 0 aromatic heterocycles. The number of anilines is 1. The highest BCUT2D eigenvalue weighted by Crippen LogP contribution is 2.15. The summed E-state index contributed by atoms with van der Waals surface area (Å²) in [7, 11) is 2.07. The van der Waals surface area contributed by atoms with Crippen molar-refractivity contribution in [2.24, 2.45) is 5.84 Å². The van der Waals surface area contributed by atoms with Gasteiger partial charge >= 0.3 is 0 Å². The molecular formula is C13H20N4O. The van der Waals surface area contributed by atoms with Crippen LogP contribution in [0.4, 0.5) is 5.69 Å². The molecular weight excluding hydrogens is 228 g/mol. The lowest BCUT2D eigenvalue weighted by Gasteiger charge is -2.14. The summed E-state index contributed by atoms with van der Waals surface area (Å²) >= 11 is 0. The molecule has 1 saturated heterocycles. The molecule has 1 unspecified atom stereocenters. The minimum Gasteiger partial charge on any atom is -0.348 e. The fourth-order valence-corrected chi connectivity index (χ4v) is 2.32. The first-order chi connectivity index (χ1) is 8.60. The largest absolute Gasteiger partial charge is 0.348 e. The minimum atomic E-state index is -0.00336. The van der Waals surface area contributed by atoms with Crippen molar-refractivity contribution in [1.82, 2.24) is 10.2 Å². The van der Waals surface area contributed by atoms with Crippen LogP contribution >= 0.6 is 0 Å². The van der Waals surface area contributed by atoms with Crippen molar-refractivity contribution in [3.05, 3.63) is 29.3 Å². The van der Waals surface area contributed by atoms with E-state index in [0.717, 1.165) is 30.8 Å². The summed E-state index contributed by atoms with van der Waals surface area (Å²) in [5, 5.41) is 3.07. The van der Waals surface area contributed by atoms with Gasteiger partial charge in [-0.2, -0.15) is 0 Å². The topological polar surface area (TPSA) is 70.4 Å². The summed E-state index contributed by atoms with van der Waals surface area (Å²) in [6.07, 6.45) is 1.02. The van der Waals surface area contributed by atoms with Gasteiger partial charge in [-0.1, -0.05) is 0 Å². The summed E-state index contributed by atoms with van der Waals surface area (Å²) in [6.45, 7) is 3.88. The second-order valence-electron chi connectivity index (χ2n) is 4.90. The summed E-state index contributed by atoms with van der Waals surface area (Å²) in [6, 6.07) is 5.74. The standard InChI is InChI=1S/C13H20N4O/c1-9-7-10(16-14)3-4-12(9)13(18)15-11-5-6-17(2)8-11/h3-4,7,11,16H,5-6,8,14H2,1-2H3,(H,15,18). The van der Waals surface area contributed by atoms with Gasteiger partial charge in [0.1, 0.15) is 0 Å². The Labute approximate surface area is 107 Å². The summed E-state index contributed by atoms with van der Waals surface area (Å²) < 4.78 is 0. The number of likely N-dealkylation sites (N-methyl/N-ethyl adjacent to an activating group) is 1. The van der Waals surface area contributed by atoms with Gasteiger partial charge in [0.2, 0.25) is 0 Å². The highest BCUT2D eigenvalue weighted by molar-refractivity contribution is 5.96. The number of carbonyl (C=O) groups is 1. The Morgan fingerprint density at radius 2 is 2.28 bits per heavy atom. The Bertz CT molecular complexity index is 447. The van der Waals surface area contributed by atoms with E-state index < -0.39 is 0 Å². The van der Waals surface area contributed by atoms with Gasteiger partial charge in [0.05, 0.1) is 0 Å². The van der Waals surface area contributed by atoms with Gasteiger partial charge in [-0.15, -0.1) is 0 Å². The number of benzene rings is 1. The third-order valence-electron chi connectivity index (χ3n) is 3.36. The van der Waals surface area contributed by atoms with E-state index in [4.69, 9.17) is 5.84 Å². The van der Waals surface area contributed by atoms with Crippen LogP contribution in [0.3, 0.4) is 0 Å². The van der Waals surface area contributed by atoms with Gasteiger partial charge in [-0.05, 0) is 50.7 Å². The third-order valence-corrected chi connectivity index (χ3v) is 3.36. The first-order valence-corrected chi connectivity index (χ1v) is 6.17. The average molecular weight is 248 g/mol. The molecule has 1 fully saturated rings. The zero-order chi connectivity index (χ0) is 13.1. The number of likely N-dealkylation sites (tertiary alicyclic amines) is 1. The lowest BCUT2D eigenvalue weighted by atomic mass is 10.1. The maximum atomic E-state index is 12.1. The molecule has 1 aliphatic rings. The molecule has 5 heteroatoms. The molecule has 2 rings (SSSR count). The summed E-state index contributed by atoms with van der Waals surface area (Å²) in [4.78, 5) is 14.4. The molecule has 18 heavy (non-hydrogen) atoms. The van der Waals surface area contributed by atoms with Gasteiger partial charge in [0, 0.05) is 23.8 Å². The van der Waals surface area contributed by atoms with Gasteiger partial charge in [-0.25, -0.2) is 0 Å². The number of nitrogens with zero attached hydrogens (tertiary/aromatic N) is 1. The van der Waals surface area contributed by atoms with Crippen LogP contribution in [0.15, 0.2) is 18.2 Å². The van der Waals surface area contributed by atoms with E-state index in [0.29, 0.717) is 5.56 Å². The molecule has 1 atom stereocenters. The van der Waals surface area contributed by atoms with E-state index in [2.05, 4.69) is 22.7 Å². The van der Waals surface area contributed by atoms with Crippen molar-refractivity contribution < 1.29 is 4.79 Å². The van der Waals surface area contributed by atoms with Gasteiger partial charge in [-0.3, -0.25) is 10.6 Å². The highest BCUT2D eigenvalue weighted by atomic mass is 16.1. The first-order valence-electron chi connectivity index (χ1n) is 6.17. The highest BCUT2D eigenvalue weighted by Gasteiger charge is 2.22. The van der Waals surface area contributed by atoms with Crippen LogP contribution in [-0.2, 0) is 0 Å². The number of carbonyl (C=O) groups excluding carboxylic acids is 1. The normalized spacial score (nSPS) is 19.8. The van der Waals surface area contributed by atoms with Crippen LogP contribution in [-0.4, -0.2) is 37.0 Å².